The molecule has 0 aromatic heterocycles. The number of hydrogen-bond donors (Lipinski definition) is 0. The highest BCUT2D eigenvalue weighted by molar-refractivity contribution is 14.1. The zero-order valence-electron chi connectivity index (χ0n) is 3.91. The molecular weight excluding hydrogens is 326 g/mol. The van der Waals surface area contributed by atoms with E-state index in [-0.39, 0.29) is 0 Å². The maximum Gasteiger partial charge on any atom is 0.0288 e. The quantitative estimate of drug-likeness (QED) is 0.642. The largest absolute Gasteiger partial charge is 0.0443 e. The first-order valence-corrected chi connectivity index (χ1v) is 4.19. The first-order chi connectivity index (χ1) is 3.79. The summed E-state index contributed by atoms with van der Waals surface area (Å²) in [5.41, 5.74) is 0. The van der Waals surface area contributed by atoms with Gasteiger partial charge >= 0.3 is 0 Å². The summed E-state index contributed by atoms with van der Waals surface area (Å²) in [6.45, 7) is 0. The van der Waals surface area contributed by atoms with Crippen LogP contribution in [-0.4, -0.2) is 0 Å². The van der Waals surface area contributed by atoms with E-state index >= 15 is 0 Å². The lowest BCUT2D eigenvalue weighted by Gasteiger charge is -1.85. The van der Waals surface area contributed by atoms with Crippen molar-refractivity contribution in [2.24, 2.45) is 0 Å². The van der Waals surface area contributed by atoms with E-state index in [0.717, 1.165) is 3.57 Å². The van der Waals surface area contributed by atoms with Crippen LogP contribution in [0.15, 0.2) is 12.1 Å². The highest BCUT2D eigenvalue weighted by Crippen LogP contribution is 2.06. The maximum atomic E-state index is 3.02. The topological polar surface area (TPSA) is 0 Å². The van der Waals surface area contributed by atoms with E-state index in [0.29, 0.717) is 0 Å². The van der Waals surface area contributed by atoms with Crippen LogP contribution in [0, 0.1) is 19.3 Å². The molecule has 0 heterocycles. The first kappa shape index (κ1) is 6.80. The monoisotopic (exact) mass is 328 g/mol. The Hall–Kier alpha value is 0.680. The summed E-state index contributed by atoms with van der Waals surface area (Å²) in [5, 5.41) is 0. The average molecular weight is 328 g/mol. The predicted molar refractivity (Wildman–Crippen MR) is 49.5 cm³/mol. The van der Waals surface area contributed by atoms with Crippen molar-refractivity contribution in [3.8, 4) is 0 Å². The normalized spacial score (nSPS) is 9.25. The molecule has 0 N–H and O–H groups in total. The third kappa shape index (κ3) is 1.89. The summed E-state index contributed by atoms with van der Waals surface area (Å²) >= 11 is 4.41. The molecule has 0 aliphatic rings. The van der Waals surface area contributed by atoms with Crippen LogP contribution in [0.1, 0.15) is 0 Å². The Morgan fingerprint density at radius 1 is 1.12 bits per heavy atom. The molecule has 1 aromatic carbocycles. The Morgan fingerprint density at radius 2 is 1.62 bits per heavy atom. The summed E-state index contributed by atoms with van der Waals surface area (Å²) in [6, 6.07) is 9.93. The van der Waals surface area contributed by atoms with Gasteiger partial charge in [-0.2, -0.15) is 0 Å². The molecule has 0 aliphatic carbocycles. The van der Waals surface area contributed by atoms with E-state index in [1.807, 2.05) is 12.1 Å². The van der Waals surface area contributed by atoms with Crippen molar-refractivity contribution < 1.29 is 0 Å². The van der Waals surface area contributed by atoms with Gasteiger partial charge in [-0.05, 0) is 69.4 Å². The molecule has 0 saturated heterocycles. The van der Waals surface area contributed by atoms with Crippen LogP contribution >= 0.6 is 45.2 Å². The molecule has 0 spiro atoms. The summed E-state index contributed by atoms with van der Waals surface area (Å²) < 4.78 is 2.23. The maximum absolute atomic E-state index is 3.02. The van der Waals surface area contributed by atoms with Crippen molar-refractivity contribution in [1.29, 1.82) is 0 Å². The molecule has 0 saturated carbocycles. The van der Waals surface area contributed by atoms with Crippen LogP contribution in [0.25, 0.3) is 0 Å². The molecule has 1 rings (SSSR count). The minimum absolute atomic E-state index is 1.04. The van der Waals surface area contributed by atoms with Gasteiger partial charge in [-0.1, -0.05) is 0 Å². The SMILES string of the molecule is Ic1[c]cc(I)c[c]1. The Bertz CT molecular complexity index is 145. The average Bonchev–Trinajstić information content (AvgIpc) is 1.77. The van der Waals surface area contributed by atoms with Crippen LogP contribution in [0.3, 0.4) is 0 Å². The molecule has 0 amide bonds. The van der Waals surface area contributed by atoms with Gasteiger partial charge in [0.1, 0.15) is 0 Å². The van der Waals surface area contributed by atoms with Crippen LogP contribution in [0.2, 0.25) is 0 Å². The molecule has 0 atom stereocenters. The van der Waals surface area contributed by atoms with Crippen LogP contribution < -0.4 is 0 Å². The molecule has 40 valence electrons. The Morgan fingerprint density at radius 3 is 2.00 bits per heavy atom. The fourth-order valence-corrected chi connectivity index (χ4v) is 0.971. The zero-order valence-corrected chi connectivity index (χ0v) is 8.23. The smallest absolute Gasteiger partial charge is 0.0288 e. The standard InChI is InChI=1S/C6H2I2/c7-5-1-2-6(8)4-3-5/h1,3H. The molecule has 2 heteroatoms. The number of benzene rings is 1. The second-order valence-electron chi connectivity index (χ2n) is 1.28. The van der Waals surface area contributed by atoms with Gasteiger partial charge in [-0.15, -0.1) is 0 Å². The van der Waals surface area contributed by atoms with Gasteiger partial charge < -0.3 is 0 Å². The van der Waals surface area contributed by atoms with Crippen molar-refractivity contribution in [3.63, 3.8) is 0 Å². The Balaban J connectivity index is 3.03. The van der Waals surface area contributed by atoms with Gasteiger partial charge in [0, 0.05) is 7.14 Å². The number of rotatable bonds is 0. The highest BCUT2D eigenvalue weighted by Gasteiger charge is 1.84. The van der Waals surface area contributed by atoms with Crippen molar-refractivity contribution in [1.82, 2.24) is 0 Å². The van der Waals surface area contributed by atoms with Crippen LogP contribution in [-0.2, 0) is 0 Å². The molecule has 2 radical (unpaired) electrons. The third-order valence-corrected chi connectivity index (χ3v) is 1.92. The zero-order chi connectivity index (χ0) is 5.98. The van der Waals surface area contributed by atoms with E-state index in [1.54, 1.807) is 0 Å². The third-order valence-electron chi connectivity index (χ3n) is 0.674. The summed E-state index contributed by atoms with van der Waals surface area (Å²) in [4.78, 5) is 0. The minimum Gasteiger partial charge on any atom is -0.0443 e. The second-order valence-corrected chi connectivity index (χ2v) is 3.60. The number of halogens is 2. The van der Waals surface area contributed by atoms with Gasteiger partial charge in [-0.25, -0.2) is 0 Å². The Labute approximate surface area is 76.0 Å². The summed E-state index contributed by atoms with van der Waals surface area (Å²) in [7, 11) is 0. The van der Waals surface area contributed by atoms with Gasteiger partial charge in [0.15, 0.2) is 0 Å². The van der Waals surface area contributed by atoms with Gasteiger partial charge in [0.2, 0.25) is 0 Å². The summed E-state index contributed by atoms with van der Waals surface area (Å²) in [6.07, 6.45) is 0. The molecule has 0 nitrogen and oxygen atoms in total. The lowest BCUT2D eigenvalue weighted by Crippen LogP contribution is -1.71. The second kappa shape index (κ2) is 3.00. The molecule has 0 fully saturated rings. The lowest BCUT2D eigenvalue weighted by molar-refractivity contribution is 1.57. The first-order valence-electron chi connectivity index (χ1n) is 2.03. The highest BCUT2D eigenvalue weighted by atomic mass is 127. The van der Waals surface area contributed by atoms with Crippen LogP contribution in [0.5, 0.6) is 0 Å². The van der Waals surface area contributed by atoms with Crippen molar-refractivity contribution in [3.05, 3.63) is 31.4 Å². The molecule has 0 bridgehead atoms. The molecule has 1 aromatic rings. The van der Waals surface area contributed by atoms with Gasteiger partial charge in [0.25, 0.3) is 0 Å². The van der Waals surface area contributed by atoms with E-state index in [4.69, 9.17) is 0 Å². The van der Waals surface area contributed by atoms with E-state index in [2.05, 4.69) is 57.3 Å². The van der Waals surface area contributed by atoms with Gasteiger partial charge in [0.05, 0.1) is 0 Å². The lowest BCUT2D eigenvalue weighted by atomic mass is 10.4. The fourth-order valence-electron chi connectivity index (χ4n) is 0.348. The van der Waals surface area contributed by atoms with E-state index in [9.17, 15) is 0 Å². The van der Waals surface area contributed by atoms with Crippen LogP contribution in [0.4, 0.5) is 0 Å². The number of hydrogen-bond acceptors (Lipinski definition) is 0. The molecule has 0 aliphatic heterocycles. The van der Waals surface area contributed by atoms with E-state index < -0.39 is 0 Å². The molecule has 8 heavy (non-hydrogen) atoms. The molecular formula is C6H2I2. The predicted octanol–water partition coefficient (Wildman–Crippen LogP) is 2.50. The van der Waals surface area contributed by atoms with Crippen molar-refractivity contribution in [2.45, 2.75) is 0 Å². The van der Waals surface area contributed by atoms with Crippen molar-refractivity contribution in [2.75, 3.05) is 0 Å². The van der Waals surface area contributed by atoms with E-state index in [1.165, 1.54) is 3.57 Å². The van der Waals surface area contributed by atoms with Gasteiger partial charge in [-0.3, -0.25) is 0 Å². The van der Waals surface area contributed by atoms with Crippen molar-refractivity contribution >= 4 is 45.2 Å². The minimum atomic E-state index is 1.04. The summed E-state index contributed by atoms with van der Waals surface area (Å²) in [5.74, 6) is 0. The Kier molecular flexibility index (Phi) is 2.55. The molecule has 0 unspecified atom stereocenters. The fraction of sp³-hybridized carbons (Fsp3) is 0.